The van der Waals surface area contributed by atoms with Crippen molar-refractivity contribution in [2.45, 2.75) is 65.1 Å². The first-order valence-electron chi connectivity index (χ1n) is 12.1. The molecule has 2 unspecified atom stereocenters. The Hall–Kier alpha value is -3.30. The number of carbonyl (C=O) groups excluding carboxylic acids is 3. The number of aliphatic hydroxyl groups is 1. The Labute approximate surface area is 222 Å². The van der Waals surface area contributed by atoms with Gasteiger partial charge in [0.15, 0.2) is 0 Å². The summed E-state index contributed by atoms with van der Waals surface area (Å²) in [5.41, 5.74) is 0.762. The molecule has 0 spiro atoms. The van der Waals surface area contributed by atoms with Gasteiger partial charge in [0.2, 0.25) is 5.91 Å². The van der Waals surface area contributed by atoms with Gasteiger partial charge in [0.1, 0.15) is 23.4 Å². The molecule has 2 rings (SSSR count). The van der Waals surface area contributed by atoms with Crippen molar-refractivity contribution < 1.29 is 29.3 Å². The predicted octanol–water partition coefficient (Wildman–Crippen LogP) is 4.55. The Morgan fingerprint density at radius 2 is 1.76 bits per heavy atom. The van der Waals surface area contributed by atoms with E-state index in [1.807, 2.05) is 6.92 Å². The molecule has 37 heavy (non-hydrogen) atoms. The van der Waals surface area contributed by atoms with E-state index in [1.54, 1.807) is 58.0 Å². The average Bonchev–Trinajstić information content (AvgIpc) is 2.82. The van der Waals surface area contributed by atoms with Crippen molar-refractivity contribution in [3.63, 3.8) is 0 Å². The zero-order chi connectivity index (χ0) is 27.8. The van der Waals surface area contributed by atoms with Crippen molar-refractivity contribution in [3.8, 4) is 5.75 Å². The minimum Gasteiger partial charge on any atom is -0.508 e. The third kappa shape index (κ3) is 8.65. The fraction of sp³-hybridized carbons (Fsp3) is 0.444. The highest BCUT2D eigenvalue weighted by molar-refractivity contribution is 6.34. The number of hydrogen-bond acceptors (Lipinski definition) is 6. The van der Waals surface area contributed by atoms with E-state index < -0.39 is 42.2 Å². The molecular weight excluding hydrogens is 498 g/mol. The summed E-state index contributed by atoms with van der Waals surface area (Å²) in [6.07, 6.45) is 0.414. The lowest BCUT2D eigenvalue weighted by Gasteiger charge is -2.34. The number of ether oxygens (including phenoxy) is 1. The summed E-state index contributed by atoms with van der Waals surface area (Å²) in [5, 5.41) is 25.4. The maximum atomic E-state index is 13.7. The number of phenols is 1. The highest BCUT2D eigenvalue weighted by Crippen LogP contribution is 2.30. The number of unbranched alkanes of at least 4 members (excludes halogenated alkanes) is 1. The molecule has 0 saturated heterocycles. The van der Waals surface area contributed by atoms with Crippen molar-refractivity contribution in [2.24, 2.45) is 0 Å². The highest BCUT2D eigenvalue weighted by atomic mass is 35.5. The van der Waals surface area contributed by atoms with Crippen molar-refractivity contribution in [2.75, 3.05) is 18.5 Å². The molecule has 202 valence electrons. The second kappa shape index (κ2) is 13.3. The van der Waals surface area contributed by atoms with Crippen LogP contribution in [0.3, 0.4) is 0 Å². The molecule has 10 heteroatoms. The van der Waals surface area contributed by atoms with E-state index >= 15 is 0 Å². The number of aromatic hydroxyl groups is 1. The molecule has 9 nitrogen and oxygen atoms in total. The van der Waals surface area contributed by atoms with Crippen LogP contribution in [0.2, 0.25) is 5.02 Å². The number of alkyl carbamates (subject to hydrolysis) is 1. The van der Waals surface area contributed by atoms with E-state index in [9.17, 15) is 24.6 Å². The number of phenolic OH excluding ortho intramolecular Hbond substituents is 1. The number of nitrogens with one attached hydrogen (secondary N) is 2. The number of halogens is 1. The Kier molecular flexibility index (Phi) is 10.8. The first-order chi connectivity index (χ1) is 17.4. The van der Waals surface area contributed by atoms with Crippen molar-refractivity contribution in [1.29, 1.82) is 0 Å². The molecule has 0 aromatic heterocycles. The zero-order valence-electron chi connectivity index (χ0n) is 21.9. The molecule has 2 atom stereocenters. The van der Waals surface area contributed by atoms with Crippen molar-refractivity contribution in [1.82, 2.24) is 10.2 Å². The Morgan fingerprint density at radius 1 is 1.11 bits per heavy atom. The first kappa shape index (κ1) is 29.9. The zero-order valence-corrected chi connectivity index (χ0v) is 22.6. The van der Waals surface area contributed by atoms with Crippen LogP contribution >= 0.6 is 11.6 Å². The summed E-state index contributed by atoms with van der Waals surface area (Å²) in [6.45, 7) is 8.24. The van der Waals surface area contributed by atoms with E-state index in [0.717, 1.165) is 12.0 Å². The molecule has 0 aliphatic rings. The maximum absolute atomic E-state index is 13.7. The van der Waals surface area contributed by atoms with Crippen LogP contribution in [0.5, 0.6) is 5.75 Å². The number of hydrogen-bond donors (Lipinski definition) is 4. The van der Waals surface area contributed by atoms with Crippen LogP contribution in [-0.2, 0) is 14.3 Å². The number of aliphatic hydroxyl groups excluding tert-OH is 1. The van der Waals surface area contributed by atoms with Crippen LogP contribution in [0.4, 0.5) is 10.5 Å². The van der Waals surface area contributed by atoms with E-state index in [0.29, 0.717) is 22.7 Å². The number of para-hydroxylation sites is 1. The molecular formula is C27H36ClN3O6. The fourth-order valence-electron chi connectivity index (χ4n) is 3.64. The maximum Gasteiger partial charge on any atom is 0.408 e. The summed E-state index contributed by atoms with van der Waals surface area (Å²) >= 11 is 6.33. The summed E-state index contributed by atoms with van der Waals surface area (Å²) in [7, 11) is 0. The lowest BCUT2D eigenvalue weighted by Crippen LogP contribution is -2.54. The monoisotopic (exact) mass is 533 g/mol. The number of amides is 3. The third-order valence-corrected chi connectivity index (χ3v) is 5.76. The van der Waals surface area contributed by atoms with Gasteiger partial charge >= 0.3 is 6.09 Å². The van der Waals surface area contributed by atoms with Gasteiger partial charge in [-0.2, -0.15) is 0 Å². The van der Waals surface area contributed by atoms with E-state index in [4.69, 9.17) is 16.3 Å². The van der Waals surface area contributed by atoms with Crippen LogP contribution in [-0.4, -0.2) is 57.8 Å². The summed E-state index contributed by atoms with van der Waals surface area (Å²) in [4.78, 5) is 41.1. The molecule has 3 amide bonds. The lowest BCUT2D eigenvalue weighted by molar-refractivity contribution is -0.141. The topological polar surface area (TPSA) is 128 Å². The number of aryl methyl sites for hydroxylation is 1. The molecule has 4 N–H and O–H groups in total. The quantitative estimate of drug-likeness (QED) is 0.355. The SMILES string of the molecule is CCCCN(C(=O)C(CO)NC(=O)OC(C)(C)C)C(C(=O)Nc1c(C)cccc1Cl)c1ccc(O)cc1. The van der Waals surface area contributed by atoms with Gasteiger partial charge in [0, 0.05) is 6.54 Å². The normalized spacial score (nSPS) is 12.8. The smallest absolute Gasteiger partial charge is 0.408 e. The number of carbonyl (C=O) groups is 3. The molecule has 0 bridgehead atoms. The van der Waals surface area contributed by atoms with E-state index in [1.165, 1.54) is 17.0 Å². The van der Waals surface area contributed by atoms with Gasteiger partial charge in [-0.25, -0.2) is 4.79 Å². The standard InChI is InChI=1S/C27H36ClN3O6/c1-6-7-15-31(25(35)21(16-32)29-26(36)37-27(3,4)5)23(18-11-13-19(33)14-12-18)24(34)30-22-17(2)9-8-10-20(22)28/h8-14,21,23,32-33H,6-7,15-16H2,1-5H3,(H,29,36)(H,30,34). The number of anilines is 1. The van der Waals surface area contributed by atoms with Gasteiger partial charge in [0.05, 0.1) is 17.3 Å². The molecule has 0 radical (unpaired) electrons. The third-order valence-electron chi connectivity index (χ3n) is 5.45. The Bertz CT molecular complexity index is 1060. The predicted molar refractivity (Wildman–Crippen MR) is 143 cm³/mol. The molecule has 0 aliphatic carbocycles. The minimum atomic E-state index is -1.35. The molecule has 0 saturated carbocycles. The molecule has 0 fully saturated rings. The molecule has 2 aromatic carbocycles. The van der Waals surface area contributed by atoms with Crippen LogP contribution < -0.4 is 10.6 Å². The van der Waals surface area contributed by atoms with Crippen LogP contribution in [0, 0.1) is 6.92 Å². The Morgan fingerprint density at radius 3 is 2.30 bits per heavy atom. The van der Waals surface area contributed by atoms with Gasteiger partial charge in [-0.05, 0) is 63.4 Å². The van der Waals surface area contributed by atoms with Gasteiger partial charge in [-0.3, -0.25) is 9.59 Å². The second-order valence-electron chi connectivity index (χ2n) is 9.68. The van der Waals surface area contributed by atoms with Gasteiger partial charge in [0.25, 0.3) is 5.91 Å². The van der Waals surface area contributed by atoms with Crippen molar-refractivity contribution in [3.05, 3.63) is 58.6 Å². The Balaban J connectivity index is 2.49. The second-order valence-corrected chi connectivity index (χ2v) is 10.1. The van der Waals surface area contributed by atoms with Gasteiger partial charge < -0.3 is 30.5 Å². The summed E-state index contributed by atoms with van der Waals surface area (Å²) in [6, 6.07) is 8.63. The largest absolute Gasteiger partial charge is 0.508 e. The molecule has 0 heterocycles. The number of nitrogens with zero attached hydrogens (tertiary/aromatic N) is 1. The van der Waals surface area contributed by atoms with E-state index in [-0.39, 0.29) is 12.3 Å². The average molecular weight is 534 g/mol. The van der Waals surface area contributed by atoms with Gasteiger partial charge in [-0.15, -0.1) is 0 Å². The van der Waals surface area contributed by atoms with E-state index in [2.05, 4.69) is 10.6 Å². The highest BCUT2D eigenvalue weighted by Gasteiger charge is 2.36. The molecule has 0 aliphatic heterocycles. The minimum absolute atomic E-state index is 0.00359. The van der Waals surface area contributed by atoms with Crippen LogP contribution in [0.1, 0.15) is 57.7 Å². The van der Waals surface area contributed by atoms with Gasteiger partial charge in [-0.1, -0.05) is 49.2 Å². The lowest BCUT2D eigenvalue weighted by atomic mass is 10.0. The number of rotatable bonds is 10. The van der Waals surface area contributed by atoms with Crippen LogP contribution in [0.15, 0.2) is 42.5 Å². The first-order valence-corrected chi connectivity index (χ1v) is 12.5. The summed E-state index contributed by atoms with van der Waals surface area (Å²) in [5.74, 6) is -1.21. The summed E-state index contributed by atoms with van der Waals surface area (Å²) < 4.78 is 5.24. The van der Waals surface area contributed by atoms with Crippen molar-refractivity contribution >= 4 is 35.2 Å². The molecule has 2 aromatic rings. The number of benzene rings is 2. The fourth-order valence-corrected chi connectivity index (χ4v) is 3.91. The van der Waals surface area contributed by atoms with Crippen LogP contribution in [0.25, 0.3) is 0 Å².